The third-order valence-electron chi connectivity index (χ3n) is 2.39. The van der Waals surface area contributed by atoms with Gasteiger partial charge < -0.3 is 0 Å². The minimum Gasteiger partial charge on any atom is -0.268 e. The Balaban J connectivity index is 2.26. The highest BCUT2D eigenvalue weighted by Crippen LogP contribution is 2.24. The summed E-state index contributed by atoms with van der Waals surface area (Å²) in [5, 5.41) is 3.52. The van der Waals surface area contributed by atoms with E-state index in [0.717, 1.165) is 21.0 Å². The van der Waals surface area contributed by atoms with Crippen molar-refractivity contribution in [3.8, 4) is 5.13 Å². The molecular weight excluding hydrogens is 222 g/mol. The van der Waals surface area contributed by atoms with Gasteiger partial charge in [-0.2, -0.15) is 0 Å². The van der Waals surface area contributed by atoms with Gasteiger partial charge in [0.2, 0.25) is 5.13 Å². The van der Waals surface area contributed by atoms with Gasteiger partial charge in [0.1, 0.15) is 0 Å². The van der Waals surface area contributed by atoms with Crippen LogP contribution in [0.1, 0.15) is 5.69 Å². The molecule has 0 unspecified atom stereocenters. The molecule has 2 aromatic heterocycles. The Hall–Kier alpha value is -1.88. The minimum atomic E-state index is -0.100. The van der Waals surface area contributed by atoms with E-state index in [1.54, 1.807) is 22.1 Å². The molecular formula is C11H9N3OS. The Bertz CT molecular complexity index is 674. The summed E-state index contributed by atoms with van der Waals surface area (Å²) in [4.78, 5) is 15.7. The minimum absolute atomic E-state index is 0.100. The SMILES string of the molecule is Cc1cc(=O)[nH]n1-c1nc2ccccc2s1. The van der Waals surface area contributed by atoms with Crippen LogP contribution in [-0.4, -0.2) is 14.8 Å². The van der Waals surface area contributed by atoms with E-state index in [1.807, 2.05) is 31.2 Å². The van der Waals surface area contributed by atoms with E-state index in [1.165, 1.54) is 0 Å². The van der Waals surface area contributed by atoms with Gasteiger partial charge in [-0.3, -0.25) is 9.89 Å². The molecule has 0 spiro atoms. The van der Waals surface area contributed by atoms with Gasteiger partial charge in [0, 0.05) is 11.8 Å². The topological polar surface area (TPSA) is 50.7 Å². The number of nitrogens with one attached hydrogen (secondary N) is 1. The Morgan fingerprint density at radius 3 is 2.88 bits per heavy atom. The van der Waals surface area contributed by atoms with Gasteiger partial charge in [0.15, 0.2) is 0 Å². The smallest absolute Gasteiger partial charge is 0.264 e. The van der Waals surface area contributed by atoms with Crippen LogP contribution in [0.15, 0.2) is 35.1 Å². The first-order valence-corrected chi connectivity index (χ1v) is 5.70. The number of fused-ring (bicyclic) bond motifs is 1. The van der Waals surface area contributed by atoms with Gasteiger partial charge in [-0.15, -0.1) is 0 Å². The second-order valence-electron chi connectivity index (χ2n) is 3.56. The lowest BCUT2D eigenvalue weighted by Crippen LogP contribution is -2.03. The molecule has 16 heavy (non-hydrogen) atoms. The molecule has 2 heterocycles. The van der Waals surface area contributed by atoms with Crippen molar-refractivity contribution in [2.75, 3.05) is 0 Å². The second-order valence-corrected chi connectivity index (χ2v) is 4.57. The fraction of sp³-hybridized carbons (Fsp3) is 0.0909. The number of aromatic amines is 1. The zero-order chi connectivity index (χ0) is 11.1. The number of H-pyrrole nitrogens is 1. The number of rotatable bonds is 1. The second kappa shape index (κ2) is 3.31. The van der Waals surface area contributed by atoms with Crippen LogP contribution in [0.3, 0.4) is 0 Å². The maximum atomic E-state index is 11.2. The van der Waals surface area contributed by atoms with Crippen molar-refractivity contribution in [1.82, 2.24) is 14.8 Å². The van der Waals surface area contributed by atoms with Crippen molar-refractivity contribution < 1.29 is 0 Å². The van der Waals surface area contributed by atoms with Gasteiger partial charge in [0.25, 0.3) is 5.56 Å². The van der Waals surface area contributed by atoms with Crippen molar-refractivity contribution in [2.24, 2.45) is 0 Å². The summed E-state index contributed by atoms with van der Waals surface area (Å²) in [5.41, 5.74) is 1.72. The summed E-state index contributed by atoms with van der Waals surface area (Å²) in [7, 11) is 0. The van der Waals surface area contributed by atoms with Crippen LogP contribution in [0, 0.1) is 6.92 Å². The van der Waals surface area contributed by atoms with E-state index in [2.05, 4.69) is 10.1 Å². The number of thiazole rings is 1. The Labute approximate surface area is 95.2 Å². The Kier molecular flexibility index (Phi) is 1.94. The first-order chi connectivity index (χ1) is 7.74. The number of benzene rings is 1. The number of aromatic nitrogens is 3. The zero-order valence-corrected chi connectivity index (χ0v) is 9.41. The number of hydrogen-bond acceptors (Lipinski definition) is 3. The molecule has 0 aliphatic heterocycles. The quantitative estimate of drug-likeness (QED) is 0.697. The highest BCUT2D eigenvalue weighted by Gasteiger charge is 2.07. The van der Waals surface area contributed by atoms with Crippen molar-refractivity contribution in [1.29, 1.82) is 0 Å². The van der Waals surface area contributed by atoms with Crippen LogP contribution in [-0.2, 0) is 0 Å². The van der Waals surface area contributed by atoms with Crippen LogP contribution in [0.4, 0.5) is 0 Å². The van der Waals surface area contributed by atoms with Gasteiger partial charge >= 0.3 is 0 Å². The molecule has 0 bridgehead atoms. The molecule has 4 nitrogen and oxygen atoms in total. The third-order valence-corrected chi connectivity index (χ3v) is 3.41. The molecule has 0 saturated carbocycles. The van der Waals surface area contributed by atoms with E-state index >= 15 is 0 Å². The van der Waals surface area contributed by atoms with E-state index in [0.29, 0.717) is 0 Å². The van der Waals surface area contributed by atoms with Crippen molar-refractivity contribution in [2.45, 2.75) is 6.92 Å². The number of nitrogens with zero attached hydrogens (tertiary/aromatic N) is 2. The number of aryl methyl sites for hydroxylation is 1. The average Bonchev–Trinajstić information content (AvgIpc) is 2.81. The molecule has 1 N–H and O–H groups in total. The molecule has 0 fully saturated rings. The average molecular weight is 231 g/mol. The van der Waals surface area contributed by atoms with E-state index < -0.39 is 0 Å². The standard InChI is InChI=1S/C11H9N3OS/c1-7-6-10(15)13-14(7)11-12-8-4-2-3-5-9(8)16-11/h2-6H,1H3,(H,13,15). The molecule has 0 aliphatic rings. The van der Waals surface area contributed by atoms with Crippen LogP contribution in [0.5, 0.6) is 0 Å². The fourth-order valence-electron chi connectivity index (χ4n) is 1.64. The van der Waals surface area contributed by atoms with E-state index in [4.69, 9.17) is 0 Å². The molecule has 3 aromatic rings. The predicted octanol–water partition coefficient (Wildman–Crippen LogP) is 2.08. The summed E-state index contributed by atoms with van der Waals surface area (Å²) < 4.78 is 2.83. The van der Waals surface area contributed by atoms with Gasteiger partial charge in [-0.25, -0.2) is 9.67 Å². The van der Waals surface area contributed by atoms with Crippen molar-refractivity contribution >= 4 is 21.6 Å². The summed E-state index contributed by atoms with van der Waals surface area (Å²) in [6, 6.07) is 9.48. The summed E-state index contributed by atoms with van der Waals surface area (Å²) in [6.07, 6.45) is 0. The zero-order valence-electron chi connectivity index (χ0n) is 8.60. The maximum absolute atomic E-state index is 11.2. The molecule has 1 aromatic carbocycles. The van der Waals surface area contributed by atoms with Crippen LogP contribution in [0.25, 0.3) is 15.3 Å². The molecule has 80 valence electrons. The number of para-hydroxylation sites is 1. The monoisotopic (exact) mass is 231 g/mol. The van der Waals surface area contributed by atoms with Crippen LogP contribution < -0.4 is 5.56 Å². The van der Waals surface area contributed by atoms with Crippen molar-refractivity contribution in [3.63, 3.8) is 0 Å². The lowest BCUT2D eigenvalue weighted by Gasteiger charge is -1.97. The normalized spacial score (nSPS) is 11.1. The molecule has 0 saturated heterocycles. The molecule has 5 heteroatoms. The van der Waals surface area contributed by atoms with E-state index in [9.17, 15) is 4.79 Å². The molecule has 0 atom stereocenters. The van der Waals surface area contributed by atoms with Crippen molar-refractivity contribution in [3.05, 3.63) is 46.4 Å². The Morgan fingerprint density at radius 2 is 2.19 bits per heavy atom. The largest absolute Gasteiger partial charge is 0.268 e. The fourth-order valence-corrected chi connectivity index (χ4v) is 2.63. The molecule has 0 amide bonds. The predicted molar refractivity (Wildman–Crippen MR) is 64.3 cm³/mol. The first kappa shape index (κ1) is 9.35. The highest BCUT2D eigenvalue weighted by molar-refractivity contribution is 7.20. The molecule has 0 radical (unpaired) electrons. The third kappa shape index (κ3) is 1.37. The summed E-state index contributed by atoms with van der Waals surface area (Å²) in [5.74, 6) is 0. The lowest BCUT2D eigenvalue weighted by molar-refractivity contribution is 0.828. The lowest BCUT2D eigenvalue weighted by atomic mass is 10.3. The first-order valence-electron chi connectivity index (χ1n) is 4.89. The van der Waals surface area contributed by atoms with Gasteiger partial charge in [-0.1, -0.05) is 23.5 Å². The van der Waals surface area contributed by atoms with Gasteiger partial charge in [-0.05, 0) is 19.1 Å². The Morgan fingerprint density at radius 1 is 1.38 bits per heavy atom. The molecule has 0 aliphatic carbocycles. The van der Waals surface area contributed by atoms with Crippen LogP contribution >= 0.6 is 11.3 Å². The molecule has 3 rings (SSSR count). The van der Waals surface area contributed by atoms with E-state index in [-0.39, 0.29) is 5.56 Å². The highest BCUT2D eigenvalue weighted by atomic mass is 32.1. The van der Waals surface area contributed by atoms with Gasteiger partial charge in [0.05, 0.1) is 10.2 Å². The summed E-state index contributed by atoms with van der Waals surface area (Å²) in [6.45, 7) is 1.88. The summed E-state index contributed by atoms with van der Waals surface area (Å²) >= 11 is 1.56. The number of hydrogen-bond donors (Lipinski definition) is 1. The van der Waals surface area contributed by atoms with Crippen LogP contribution in [0.2, 0.25) is 0 Å². The maximum Gasteiger partial charge on any atom is 0.264 e.